The summed E-state index contributed by atoms with van der Waals surface area (Å²) in [6.45, 7) is 16.1. The van der Waals surface area contributed by atoms with Gasteiger partial charge in [-0.3, -0.25) is 14.4 Å². The fourth-order valence-electron chi connectivity index (χ4n) is 9.23. The van der Waals surface area contributed by atoms with Gasteiger partial charge < -0.3 is 9.47 Å². The fraction of sp³-hybridized carbons (Fsp3) is 0.697. The minimum atomic E-state index is -0.521. The molecule has 4 aliphatic carbocycles. The molecule has 0 aliphatic heterocycles. The van der Waals surface area contributed by atoms with E-state index in [1.165, 1.54) is 19.6 Å². The maximum atomic E-state index is 14.2. The minimum Gasteiger partial charge on any atom is -0.466 e. The summed E-state index contributed by atoms with van der Waals surface area (Å²) in [6, 6.07) is 0. The van der Waals surface area contributed by atoms with Crippen molar-refractivity contribution < 1.29 is 28.7 Å². The molecule has 4 rings (SSSR count). The van der Waals surface area contributed by atoms with E-state index >= 15 is 0 Å². The molecule has 0 spiro atoms. The van der Waals surface area contributed by atoms with Gasteiger partial charge in [0.1, 0.15) is 6.10 Å². The summed E-state index contributed by atoms with van der Waals surface area (Å²) in [5.74, 6) is -0.0791. The van der Waals surface area contributed by atoms with E-state index in [-0.39, 0.29) is 58.2 Å². The molecule has 214 valence electrons. The van der Waals surface area contributed by atoms with Gasteiger partial charge in [0.2, 0.25) is 0 Å². The first-order valence-electron chi connectivity index (χ1n) is 14.5. The Morgan fingerprint density at radius 3 is 2.41 bits per heavy atom. The van der Waals surface area contributed by atoms with Crippen LogP contribution in [0, 0.1) is 39.4 Å². The normalized spacial score (nSPS) is 38.1. The van der Waals surface area contributed by atoms with Gasteiger partial charge in [0.25, 0.3) is 0 Å². The quantitative estimate of drug-likeness (QED) is 0.290. The number of ether oxygens (including phenoxy) is 2. The lowest BCUT2D eigenvalue weighted by Gasteiger charge is -2.58. The molecule has 6 nitrogen and oxygen atoms in total. The van der Waals surface area contributed by atoms with Crippen LogP contribution in [0.2, 0.25) is 0 Å². The first kappa shape index (κ1) is 29.5. The minimum absolute atomic E-state index is 0.00155. The number of ketones is 2. The van der Waals surface area contributed by atoms with Gasteiger partial charge in [0, 0.05) is 41.2 Å². The second-order valence-electron chi connectivity index (χ2n) is 13.8. The molecule has 0 radical (unpaired) electrons. The maximum Gasteiger partial charge on any atom is 0.333 e. The molecule has 0 heterocycles. The van der Waals surface area contributed by atoms with E-state index in [9.17, 15) is 19.2 Å². The van der Waals surface area contributed by atoms with Crippen LogP contribution in [-0.4, -0.2) is 36.7 Å². The molecule has 7 unspecified atom stereocenters. The van der Waals surface area contributed by atoms with E-state index in [1.807, 2.05) is 26.0 Å². The number of carbonyl (C=O) groups excluding carboxylic acids is 4. The summed E-state index contributed by atoms with van der Waals surface area (Å²) in [7, 11) is 1.38. The summed E-state index contributed by atoms with van der Waals surface area (Å²) < 4.78 is 10.8. The van der Waals surface area contributed by atoms with Gasteiger partial charge in [0.15, 0.2) is 11.6 Å². The lowest BCUT2D eigenvalue weighted by molar-refractivity contribution is -0.150. The molecular formula is C33H46O6. The molecular weight excluding hydrogens is 492 g/mol. The number of carbonyl (C=O) groups is 4. The molecule has 7 atom stereocenters. The maximum absolute atomic E-state index is 14.2. The average molecular weight is 539 g/mol. The molecule has 0 aromatic carbocycles. The third-order valence-corrected chi connectivity index (χ3v) is 11.3. The van der Waals surface area contributed by atoms with Crippen LogP contribution in [0.4, 0.5) is 0 Å². The standard InChI is InChI=1S/C33H46O6/c1-19(11-10-12-20(2)29(37)38-9)27-24(39-21(3)34)18-32(7)22-13-14-25-30(4,5)26(36)15-16-31(25,6)28(22)23(35)17-33(27,32)8/h12,15-16,19,24-25,27H,10-11,13-14,17-18H2,1-9H3. The highest BCUT2D eigenvalue weighted by atomic mass is 16.5. The Hall–Kier alpha value is -2.50. The molecule has 0 saturated heterocycles. The second-order valence-corrected chi connectivity index (χ2v) is 13.8. The van der Waals surface area contributed by atoms with E-state index in [2.05, 4.69) is 27.7 Å². The highest BCUT2D eigenvalue weighted by Gasteiger charge is 2.68. The highest BCUT2D eigenvalue weighted by Crippen LogP contribution is 2.71. The topological polar surface area (TPSA) is 86.7 Å². The lowest BCUT2D eigenvalue weighted by Crippen LogP contribution is -2.54. The fourth-order valence-corrected chi connectivity index (χ4v) is 9.23. The van der Waals surface area contributed by atoms with Crippen LogP contribution in [-0.2, 0) is 28.7 Å². The Balaban J connectivity index is 1.76. The van der Waals surface area contributed by atoms with Crippen molar-refractivity contribution in [3.05, 3.63) is 34.9 Å². The smallest absolute Gasteiger partial charge is 0.333 e. The number of methoxy groups -OCH3 is 1. The molecule has 39 heavy (non-hydrogen) atoms. The predicted molar refractivity (Wildman–Crippen MR) is 149 cm³/mol. The van der Waals surface area contributed by atoms with Crippen LogP contribution in [0.5, 0.6) is 0 Å². The van der Waals surface area contributed by atoms with Crippen molar-refractivity contribution in [2.75, 3.05) is 7.11 Å². The summed E-state index contributed by atoms with van der Waals surface area (Å²) in [5, 5.41) is 0. The van der Waals surface area contributed by atoms with Crippen molar-refractivity contribution >= 4 is 23.5 Å². The van der Waals surface area contributed by atoms with Crippen molar-refractivity contribution in [3.63, 3.8) is 0 Å². The Morgan fingerprint density at radius 2 is 1.79 bits per heavy atom. The van der Waals surface area contributed by atoms with E-state index in [0.29, 0.717) is 24.8 Å². The van der Waals surface area contributed by atoms with Crippen molar-refractivity contribution in [2.45, 2.75) is 100 Å². The third kappa shape index (κ3) is 4.37. The van der Waals surface area contributed by atoms with Gasteiger partial charge in [-0.15, -0.1) is 0 Å². The van der Waals surface area contributed by atoms with E-state index < -0.39 is 10.8 Å². The van der Waals surface area contributed by atoms with Gasteiger partial charge >= 0.3 is 11.9 Å². The molecule has 6 heteroatoms. The summed E-state index contributed by atoms with van der Waals surface area (Å²) in [5.41, 5.74) is 1.01. The van der Waals surface area contributed by atoms with Gasteiger partial charge in [-0.25, -0.2) is 4.79 Å². The molecule has 4 aliphatic rings. The number of esters is 2. The Kier molecular flexibility index (Phi) is 7.45. The van der Waals surface area contributed by atoms with E-state index in [1.54, 1.807) is 13.0 Å². The number of fused-ring (bicyclic) bond motifs is 4. The number of rotatable bonds is 6. The van der Waals surface area contributed by atoms with Crippen molar-refractivity contribution in [3.8, 4) is 0 Å². The summed E-state index contributed by atoms with van der Waals surface area (Å²) >= 11 is 0. The van der Waals surface area contributed by atoms with E-state index in [4.69, 9.17) is 9.47 Å². The zero-order valence-corrected chi connectivity index (χ0v) is 25.2. The summed E-state index contributed by atoms with van der Waals surface area (Å²) in [6.07, 6.45) is 9.55. The van der Waals surface area contributed by atoms with Crippen LogP contribution in [0.1, 0.15) is 93.9 Å². The number of hydrogen-bond acceptors (Lipinski definition) is 6. The number of Topliss-reactive ketones (excluding diaryl/α,β-unsaturated/α-hetero) is 1. The SMILES string of the molecule is COC(=O)C(C)=CCCC(C)C1C(OC(C)=O)CC2(C)C3=C(C(=O)CC12C)C1(C)C=CC(=O)C(C)(C)C1CC3. The van der Waals surface area contributed by atoms with E-state index in [0.717, 1.165) is 24.8 Å². The highest BCUT2D eigenvalue weighted by molar-refractivity contribution is 6.02. The zero-order chi connectivity index (χ0) is 29.1. The van der Waals surface area contributed by atoms with Crippen molar-refractivity contribution in [2.24, 2.45) is 39.4 Å². The predicted octanol–water partition coefficient (Wildman–Crippen LogP) is 6.34. The molecule has 0 N–H and O–H groups in total. The van der Waals surface area contributed by atoms with Crippen molar-refractivity contribution in [1.29, 1.82) is 0 Å². The van der Waals surface area contributed by atoms with Gasteiger partial charge in [-0.2, -0.15) is 0 Å². The monoisotopic (exact) mass is 538 g/mol. The molecule has 1 fully saturated rings. The first-order chi connectivity index (χ1) is 18.0. The Labute approximate surface area is 233 Å². The lowest BCUT2D eigenvalue weighted by atomic mass is 9.44. The van der Waals surface area contributed by atoms with Crippen LogP contribution in [0.3, 0.4) is 0 Å². The van der Waals surface area contributed by atoms with Gasteiger partial charge in [-0.05, 0) is 67.8 Å². The third-order valence-electron chi connectivity index (χ3n) is 11.3. The Morgan fingerprint density at radius 1 is 1.13 bits per heavy atom. The van der Waals surface area contributed by atoms with Crippen LogP contribution in [0.15, 0.2) is 34.9 Å². The summed E-state index contributed by atoms with van der Waals surface area (Å²) in [4.78, 5) is 51.2. The van der Waals surface area contributed by atoms with Gasteiger partial charge in [-0.1, -0.05) is 59.3 Å². The Bertz CT molecular complexity index is 1190. The molecule has 1 saturated carbocycles. The van der Waals surface area contributed by atoms with Crippen molar-refractivity contribution in [1.82, 2.24) is 0 Å². The van der Waals surface area contributed by atoms with Crippen LogP contribution >= 0.6 is 0 Å². The molecule has 0 aromatic rings. The molecule has 0 aromatic heterocycles. The zero-order valence-electron chi connectivity index (χ0n) is 25.2. The molecule has 0 bridgehead atoms. The van der Waals surface area contributed by atoms with Crippen LogP contribution < -0.4 is 0 Å². The van der Waals surface area contributed by atoms with Gasteiger partial charge in [0.05, 0.1) is 7.11 Å². The first-order valence-corrected chi connectivity index (χ1v) is 14.5. The second kappa shape index (κ2) is 9.85. The number of allylic oxidation sites excluding steroid dienone is 5. The average Bonchev–Trinajstić information content (AvgIpc) is 3.06. The number of hydrogen-bond donors (Lipinski definition) is 0. The molecule has 0 amide bonds. The largest absolute Gasteiger partial charge is 0.466 e. The van der Waals surface area contributed by atoms with Crippen LogP contribution in [0.25, 0.3) is 0 Å².